The maximum atomic E-state index is 4.25. The molecule has 0 aliphatic heterocycles. The highest BCUT2D eigenvalue weighted by molar-refractivity contribution is 5.52. The van der Waals surface area contributed by atoms with E-state index < -0.39 is 0 Å². The molecule has 1 fully saturated rings. The Labute approximate surface area is 110 Å². The van der Waals surface area contributed by atoms with Crippen molar-refractivity contribution < 1.29 is 0 Å². The molecule has 2 rings (SSSR count). The van der Waals surface area contributed by atoms with Gasteiger partial charge in [0, 0.05) is 25.4 Å². The molecule has 0 radical (unpaired) electrons. The average Bonchev–Trinajstić information content (AvgIpc) is 2.81. The number of hydrogen-bond donors (Lipinski definition) is 1. The van der Waals surface area contributed by atoms with Crippen LogP contribution >= 0.6 is 0 Å². The highest BCUT2D eigenvalue weighted by atomic mass is 15.2. The summed E-state index contributed by atoms with van der Waals surface area (Å²) in [7, 11) is 1.97. The molecule has 0 unspecified atom stereocenters. The number of rotatable bonds is 5. The fourth-order valence-electron chi connectivity index (χ4n) is 2.78. The lowest BCUT2D eigenvalue weighted by atomic mass is 9.83. The van der Waals surface area contributed by atoms with Gasteiger partial charge in [0.1, 0.15) is 0 Å². The smallest absolute Gasteiger partial charge is 0.0562 e. The molecule has 0 spiro atoms. The van der Waals surface area contributed by atoms with Gasteiger partial charge in [0.25, 0.3) is 0 Å². The van der Waals surface area contributed by atoms with Crippen LogP contribution in [0.5, 0.6) is 0 Å². The summed E-state index contributed by atoms with van der Waals surface area (Å²) in [5.41, 5.74) is 2.79. The van der Waals surface area contributed by atoms with E-state index in [2.05, 4.69) is 29.6 Å². The number of likely N-dealkylation sites (N-methyl/N-ethyl adjacent to an activating group) is 1. The second kappa shape index (κ2) is 6.74. The normalized spacial score (nSPS) is 18.2. The predicted molar refractivity (Wildman–Crippen MR) is 76.3 cm³/mol. The van der Waals surface area contributed by atoms with Crippen LogP contribution in [-0.4, -0.2) is 22.9 Å². The number of aromatic nitrogens is 2. The van der Waals surface area contributed by atoms with Crippen molar-refractivity contribution >= 4 is 6.08 Å². The summed E-state index contributed by atoms with van der Waals surface area (Å²) in [4.78, 5) is 0. The quantitative estimate of drug-likeness (QED) is 0.867. The third-order valence-corrected chi connectivity index (χ3v) is 3.79. The zero-order chi connectivity index (χ0) is 12.8. The fourth-order valence-corrected chi connectivity index (χ4v) is 2.78. The minimum Gasteiger partial charge on any atom is -0.313 e. The maximum Gasteiger partial charge on any atom is 0.0562 e. The third kappa shape index (κ3) is 3.70. The van der Waals surface area contributed by atoms with Crippen molar-refractivity contribution in [3.05, 3.63) is 23.5 Å². The van der Waals surface area contributed by atoms with E-state index >= 15 is 0 Å². The van der Waals surface area contributed by atoms with Gasteiger partial charge in [0.05, 0.1) is 6.20 Å². The molecule has 3 nitrogen and oxygen atoms in total. The minimum atomic E-state index is 0.776. The molecule has 0 amide bonds. The van der Waals surface area contributed by atoms with Crippen LogP contribution in [0.2, 0.25) is 0 Å². The van der Waals surface area contributed by atoms with Gasteiger partial charge in [-0.15, -0.1) is 0 Å². The molecule has 0 bridgehead atoms. The first-order valence-corrected chi connectivity index (χ1v) is 7.19. The second-order valence-corrected chi connectivity index (χ2v) is 5.28. The van der Waals surface area contributed by atoms with Crippen molar-refractivity contribution in [2.24, 2.45) is 13.0 Å². The van der Waals surface area contributed by atoms with Gasteiger partial charge < -0.3 is 5.32 Å². The van der Waals surface area contributed by atoms with Gasteiger partial charge >= 0.3 is 0 Å². The topological polar surface area (TPSA) is 29.9 Å². The lowest BCUT2D eigenvalue weighted by molar-refractivity contribution is 0.397. The highest BCUT2D eigenvalue weighted by Gasteiger charge is 2.17. The van der Waals surface area contributed by atoms with E-state index in [1.54, 1.807) is 5.57 Å². The van der Waals surface area contributed by atoms with Gasteiger partial charge in [-0.2, -0.15) is 5.10 Å². The third-order valence-electron chi connectivity index (χ3n) is 3.79. The molecule has 1 aromatic rings. The first-order valence-electron chi connectivity index (χ1n) is 7.19. The van der Waals surface area contributed by atoms with Crippen molar-refractivity contribution in [3.63, 3.8) is 0 Å². The number of nitrogens with one attached hydrogen (secondary N) is 1. The van der Waals surface area contributed by atoms with Crippen LogP contribution in [0, 0.1) is 5.92 Å². The van der Waals surface area contributed by atoms with Gasteiger partial charge in [-0.1, -0.05) is 37.8 Å². The Bertz CT molecular complexity index is 386. The van der Waals surface area contributed by atoms with E-state index in [1.165, 1.54) is 37.7 Å². The summed E-state index contributed by atoms with van der Waals surface area (Å²) in [6.07, 6.45) is 13.3. The van der Waals surface area contributed by atoms with Crippen LogP contribution in [0.3, 0.4) is 0 Å². The standard InChI is InChI=1S/C15H25N3/c1-3-16-11-15(14-7-5-4-6-8-14)9-13-10-17-18(2)12-13/h9-10,12,14,16H,3-8,11H2,1-2H3. The largest absolute Gasteiger partial charge is 0.313 e. The van der Waals surface area contributed by atoms with Gasteiger partial charge in [-0.05, 0) is 25.3 Å². The van der Waals surface area contributed by atoms with Crippen LogP contribution in [-0.2, 0) is 7.05 Å². The van der Waals surface area contributed by atoms with Crippen LogP contribution in [0.25, 0.3) is 6.08 Å². The van der Waals surface area contributed by atoms with E-state index in [-0.39, 0.29) is 0 Å². The van der Waals surface area contributed by atoms with Crippen LogP contribution in [0.15, 0.2) is 18.0 Å². The molecule has 1 heterocycles. The van der Waals surface area contributed by atoms with Crippen molar-refractivity contribution in [3.8, 4) is 0 Å². The summed E-state index contributed by atoms with van der Waals surface area (Å²) in [6.45, 7) is 4.23. The minimum absolute atomic E-state index is 0.776. The van der Waals surface area contributed by atoms with Crippen molar-refractivity contribution in [1.29, 1.82) is 0 Å². The Morgan fingerprint density at radius 1 is 1.44 bits per heavy atom. The summed E-state index contributed by atoms with van der Waals surface area (Å²) >= 11 is 0. The summed E-state index contributed by atoms with van der Waals surface area (Å²) < 4.78 is 1.87. The van der Waals surface area contributed by atoms with Gasteiger partial charge in [0.15, 0.2) is 0 Å². The van der Waals surface area contributed by atoms with Crippen LogP contribution in [0.4, 0.5) is 0 Å². The molecular weight excluding hydrogens is 222 g/mol. The summed E-state index contributed by atoms with van der Waals surface area (Å²) in [5.74, 6) is 0.776. The van der Waals surface area contributed by atoms with Gasteiger partial charge in [-0.3, -0.25) is 4.68 Å². The Morgan fingerprint density at radius 2 is 2.22 bits per heavy atom. The van der Waals surface area contributed by atoms with Gasteiger partial charge in [0.2, 0.25) is 0 Å². The lowest BCUT2D eigenvalue weighted by Crippen LogP contribution is -2.22. The molecule has 3 heteroatoms. The average molecular weight is 247 g/mol. The molecule has 1 N–H and O–H groups in total. The number of aryl methyl sites for hydroxylation is 1. The number of hydrogen-bond acceptors (Lipinski definition) is 2. The molecule has 0 aromatic carbocycles. The molecule has 1 aromatic heterocycles. The zero-order valence-corrected chi connectivity index (χ0v) is 11.7. The van der Waals surface area contributed by atoms with E-state index in [4.69, 9.17) is 0 Å². The fraction of sp³-hybridized carbons (Fsp3) is 0.667. The molecule has 1 saturated carbocycles. The maximum absolute atomic E-state index is 4.25. The van der Waals surface area contributed by atoms with Crippen molar-refractivity contribution in [2.75, 3.05) is 13.1 Å². The van der Waals surface area contributed by atoms with Gasteiger partial charge in [-0.25, -0.2) is 0 Å². The molecular formula is C15H25N3. The Hall–Kier alpha value is -1.09. The zero-order valence-electron chi connectivity index (χ0n) is 11.7. The molecule has 100 valence electrons. The Balaban J connectivity index is 2.10. The second-order valence-electron chi connectivity index (χ2n) is 5.28. The molecule has 0 atom stereocenters. The Morgan fingerprint density at radius 3 is 2.83 bits per heavy atom. The molecule has 18 heavy (non-hydrogen) atoms. The Kier molecular flexibility index (Phi) is 5.00. The van der Waals surface area contributed by atoms with E-state index in [0.29, 0.717) is 0 Å². The highest BCUT2D eigenvalue weighted by Crippen LogP contribution is 2.30. The van der Waals surface area contributed by atoms with Crippen molar-refractivity contribution in [1.82, 2.24) is 15.1 Å². The number of nitrogens with zero attached hydrogens (tertiary/aromatic N) is 2. The molecule has 1 aliphatic carbocycles. The SMILES string of the molecule is CCNCC(=Cc1cnn(C)c1)C1CCCCC1. The summed E-state index contributed by atoms with van der Waals surface area (Å²) in [5, 5.41) is 7.72. The summed E-state index contributed by atoms with van der Waals surface area (Å²) in [6, 6.07) is 0. The molecule has 0 saturated heterocycles. The first-order chi connectivity index (χ1) is 8.79. The lowest BCUT2D eigenvalue weighted by Gasteiger charge is -2.24. The van der Waals surface area contributed by atoms with Crippen molar-refractivity contribution in [2.45, 2.75) is 39.0 Å². The van der Waals surface area contributed by atoms with Crippen LogP contribution < -0.4 is 5.32 Å². The van der Waals surface area contributed by atoms with E-state index in [1.807, 2.05) is 17.9 Å². The van der Waals surface area contributed by atoms with E-state index in [9.17, 15) is 0 Å². The first kappa shape index (κ1) is 13.3. The van der Waals surface area contributed by atoms with Crippen LogP contribution in [0.1, 0.15) is 44.6 Å². The molecule has 1 aliphatic rings. The van der Waals surface area contributed by atoms with E-state index in [0.717, 1.165) is 19.0 Å². The monoisotopic (exact) mass is 247 g/mol. The predicted octanol–water partition coefficient (Wildman–Crippen LogP) is 2.99.